The highest BCUT2D eigenvalue weighted by molar-refractivity contribution is 8.00. The van der Waals surface area contributed by atoms with Crippen LogP contribution >= 0.6 is 23.1 Å². The first-order chi connectivity index (χ1) is 22.1. The van der Waals surface area contributed by atoms with E-state index in [1.807, 2.05) is 29.1 Å². The van der Waals surface area contributed by atoms with Crippen LogP contribution in [0.5, 0.6) is 0 Å². The van der Waals surface area contributed by atoms with Crippen molar-refractivity contribution in [2.45, 2.75) is 24.9 Å². The van der Waals surface area contributed by atoms with Crippen LogP contribution in [0.4, 0.5) is 5.13 Å². The van der Waals surface area contributed by atoms with E-state index in [0.29, 0.717) is 23.6 Å². The molecule has 0 aliphatic carbocycles. The lowest BCUT2D eigenvalue weighted by molar-refractivity contribution is -0.686. The number of pyridine rings is 1. The number of anilines is 1. The summed E-state index contributed by atoms with van der Waals surface area (Å²) in [5.41, 5.74) is 8.11. The lowest BCUT2D eigenvalue weighted by Gasteiger charge is -2.49. The SMILES string of the molecule is CCO/N=C(\C(=O)N[C@@H]1C(=O)N2C(C(=O)O)=C(/C=C/C[n+]3ccc(-c4cc(C(=O)NC#N)n(C)c4)cc3)CS[C@H]12)c1csc(N)n1. The van der Waals surface area contributed by atoms with Crippen LogP contribution in [0.1, 0.15) is 23.1 Å². The highest BCUT2D eigenvalue weighted by atomic mass is 32.2. The Kier molecular flexibility index (Phi) is 9.49. The minimum absolute atomic E-state index is 0.133. The number of fused-ring (bicyclic) bond motifs is 1. The van der Waals surface area contributed by atoms with Gasteiger partial charge >= 0.3 is 5.97 Å². The summed E-state index contributed by atoms with van der Waals surface area (Å²) in [6.45, 7) is 2.33. The number of nitrogens with zero attached hydrogens (tertiary/aromatic N) is 6. The number of amides is 3. The van der Waals surface area contributed by atoms with Crippen LogP contribution in [0.3, 0.4) is 0 Å². The van der Waals surface area contributed by atoms with Gasteiger partial charge in [-0.05, 0) is 30.2 Å². The van der Waals surface area contributed by atoms with Crippen molar-refractivity contribution < 1.29 is 33.7 Å². The fraction of sp³-hybridized carbons (Fsp3) is 0.241. The number of carboxylic acid groups (broad SMARTS) is 1. The van der Waals surface area contributed by atoms with Crippen molar-refractivity contribution in [1.82, 2.24) is 25.1 Å². The third-order valence-electron chi connectivity index (χ3n) is 7.02. The van der Waals surface area contributed by atoms with E-state index in [1.54, 1.807) is 54.5 Å². The molecule has 0 radical (unpaired) electrons. The zero-order chi connectivity index (χ0) is 33.0. The molecule has 3 amide bonds. The van der Waals surface area contributed by atoms with Crippen molar-refractivity contribution in [3.63, 3.8) is 0 Å². The summed E-state index contributed by atoms with van der Waals surface area (Å²) in [5.74, 6) is -2.68. The Morgan fingerprint density at radius 1 is 1.33 bits per heavy atom. The number of rotatable bonds is 11. The van der Waals surface area contributed by atoms with Crippen molar-refractivity contribution in [3.8, 4) is 17.3 Å². The Labute approximate surface area is 270 Å². The fourth-order valence-electron chi connectivity index (χ4n) is 4.86. The summed E-state index contributed by atoms with van der Waals surface area (Å²) in [4.78, 5) is 60.8. The zero-order valence-electron chi connectivity index (χ0n) is 24.5. The lowest BCUT2D eigenvalue weighted by atomic mass is 10.0. The molecule has 17 heteroatoms. The molecule has 0 aromatic carbocycles. The first-order valence-electron chi connectivity index (χ1n) is 13.8. The number of nitriles is 1. The Balaban J connectivity index is 1.25. The number of aryl methyl sites for hydroxylation is 1. The number of carbonyl (C=O) groups is 4. The molecule has 0 spiro atoms. The minimum Gasteiger partial charge on any atom is -0.477 e. The molecule has 1 saturated heterocycles. The second kappa shape index (κ2) is 13.7. The van der Waals surface area contributed by atoms with E-state index in [-0.39, 0.29) is 28.8 Å². The van der Waals surface area contributed by atoms with E-state index in [0.717, 1.165) is 22.5 Å². The average molecular weight is 663 g/mol. The molecule has 5 heterocycles. The van der Waals surface area contributed by atoms with E-state index in [2.05, 4.69) is 20.8 Å². The number of nitrogens with one attached hydrogen (secondary N) is 2. The molecule has 0 unspecified atom stereocenters. The summed E-state index contributed by atoms with van der Waals surface area (Å²) in [7, 11) is 1.72. The summed E-state index contributed by atoms with van der Waals surface area (Å²) < 4.78 is 3.52. The van der Waals surface area contributed by atoms with E-state index in [1.165, 1.54) is 16.7 Å². The largest absolute Gasteiger partial charge is 0.477 e. The van der Waals surface area contributed by atoms with Gasteiger partial charge in [0.1, 0.15) is 35.1 Å². The van der Waals surface area contributed by atoms with Gasteiger partial charge in [-0.3, -0.25) is 24.6 Å². The second-order valence-electron chi connectivity index (χ2n) is 9.95. The molecule has 46 heavy (non-hydrogen) atoms. The van der Waals surface area contributed by atoms with Gasteiger partial charge in [-0.15, -0.1) is 23.1 Å². The standard InChI is InChI=1S/C29H27N9O6S2/c1-3-44-35-21(19-14-46-29(31)33-19)25(40)34-22-26(41)38-23(28(42)43)17(13-45-27(22)38)5-4-8-37-9-6-16(7-10-37)18-11-20(36(2)12-18)24(39)32-15-30/h4-7,9-12,14,22,27H,3,8,13H2,1-2H3,(H4-,31,32,33,34,39,40,42,43)/p+1/b5-4+,35-21-/t22-,27-/m1/s1. The molecule has 1 fully saturated rings. The van der Waals surface area contributed by atoms with Gasteiger partial charge in [-0.1, -0.05) is 11.2 Å². The lowest BCUT2D eigenvalue weighted by Crippen LogP contribution is -2.71. The van der Waals surface area contributed by atoms with Gasteiger partial charge in [0.05, 0.1) is 0 Å². The average Bonchev–Trinajstić information content (AvgIpc) is 3.65. The highest BCUT2D eigenvalue weighted by Crippen LogP contribution is 2.40. The second-order valence-corrected chi connectivity index (χ2v) is 11.9. The Morgan fingerprint density at radius 2 is 2.09 bits per heavy atom. The topological polar surface area (TPSA) is 209 Å². The van der Waals surface area contributed by atoms with E-state index in [9.17, 15) is 24.3 Å². The molecule has 5 N–H and O–H groups in total. The van der Waals surface area contributed by atoms with Crippen molar-refractivity contribution >= 4 is 57.6 Å². The maximum atomic E-state index is 13.1. The van der Waals surface area contributed by atoms with Crippen LogP contribution in [-0.4, -0.2) is 72.7 Å². The molecule has 3 aromatic rings. The fourth-order valence-corrected chi connectivity index (χ4v) is 6.73. The van der Waals surface area contributed by atoms with Crippen LogP contribution in [0.25, 0.3) is 11.1 Å². The van der Waals surface area contributed by atoms with Crippen molar-refractivity contribution in [3.05, 3.63) is 77.0 Å². The predicted octanol–water partition coefficient (Wildman–Crippen LogP) is 0.965. The number of carboxylic acids is 1. The molecule has 5 rings (SSSR count). The number of allylic oxidation sites excluding steroid dienone is 2. The predicted molar refractivity (Wildman–Crippen MR) is 168 cm³/mol. The molecule has 2 aliphatic rings. The molecular weight excluding hydrogens is 635 g/mol. The third-order valence-corrected chi connectivity index (χ3v) is 8.99. The normalized spacial score (nSPS) is 17.7. The van der Waals surface area contributed by atoms with E-state index in [4.69, 9.17) is 15.8 Å². The monoisotopic (exact) mass is 662 g/mol. The number of nitrogen functional groups attached to an aromatic ring is 1. The number of carbonyl (C=O) groups excluding carboxylic acids is 3. The van der Waals surface area contributed by atoms with Crippen LogP contribution in [-0.2, 0) is 32.8 Å². The number of hydrogen-bond acceptors (Lipinski definition) is 11. The Bertz CT molecular complexity index is 1840. The van der Waals surface area contributed by atoms with E-state index >= 15 is 0 Å². The quantitative estimate of drug-likeness (QED) is 0.0571. The summed E-state index contributed by atoms with van der Waals surface area (Å²) in [6.07, 6.45) is 10.6. The first kappa shape index (κ1) is 31.9. The Morgan fingerprint density at radius 3 is 2.74 bits per heavy atom. The number of hydrogen-bond donors (Lipinski definition) is 4. The molecular formula is C29H28N9O6S2+. The maximum Gasteiger partial charge on any atom is 0.352 e. The number of β-lactam (4-membered cyclic amide) rings is 1. The van der Waals surface area contributed by atoms with Gasteiger partial charge in [0.2, 0.25) is 0 Å². The smallest absolute Gasteiger partial charge is 0.352 e. The summed E-state index contributed by atoms with van der Waals surface area (Å²) in [5, 5.41) is 28.5. The van der Waals surface area contributed by atoms with Gasteiger partial charge in [-0.25, -0.2) is 14.3 Å². The number of oxime groups is 1. The number of aliphatic carboxylic acids is 1. The van der Waals surface area contributed by atoms with Crippen molar-refractivity contribution in [2.24, 2.45) is 12.2 Å². The van der Waals surface area contributed by atoms with Crippen LogP contribution in [0.2, 0.25) is 0 Å². The molecule has 15 nitrogen and oxygen atoms in total. The van der Waals surface area contributed by atoms with Crippen LogP contribution in [0.15, 0.2) is 70.7 Å². The van der Waals surface area contributed by atoms with E-state index < -0.39 is 35.1 Å². The Hall–Kier alpha value is -5.47. The molecule has 2 atom stereocenters. The zero-order valence-corrected chi connectivity index (χ0v) is 26.2. The summed E-state index contributed by atoms with van der Waals surface area (Å²) >= 11 is 2.46. The number of aromatic nitrogens is 3. The molecule has 0 saturated carbocycles. The number of nitrogens with two attached hydrogens (primary N) is 1. The molecule has 3 aromatic heterocycles. The van der Waals surface area contributed by atoms with Gasteiger partial charge < -0.3 is 25.6 Å². The van der Waals surface area contributed by atoms with Crippen molar-refractivity contribution in [1.29, 1.82) is 5.26 Å². The van der Waals surface area contributed by atoms with Crippen molar-refractivity contribution in [2.75, 3.05) is 18.1 Å². The minimum atomic E-state index is -1.25. The molecule has 0 bridgehead atoms. The third kappa shape index (κ3) is 6.48. The van der Waals surface area contributed by atoms with Gasteiger partial charge in [0, 0.05) is 42.1 Å². The summed E-state index contributed by atoms with van der Waals surface area (Å²) in [6, 6.07) is 4.48. The first-order valence-corrected chi connectivity index (χ1v) is 15.7. The van der Waals surface area contributed by atoms with Crippen LogP contribution in [0, 0.1) is 11.5 Å². The van der Waals surface area contributed by atoms with Crippen LogP contribution < -0.4 is 20.9 Å². The number of thioether (sulfide) groups is 1. The number of thiazole rings is 1. The molecule has 236 valence electrons. The highest BCUT2D eigenvalue weighted by Gasteiger charge is 2.54. The van der Waals surface area contributed by atoms with Gasteiger partial charge in [-0.2, -0.15) is 5.26 Å². The van der Waals surface area contributed by atoms with Gasteiger partial charge in [0.15, 0.2) is 36.0 Å². The molecule has 2 aliphatic heterocycles. The van der Waals surface area contributed by atoms with Gasteiger partial charge in [0.25, 0.3) is 17.7 Å². The maximum absolute atomic E-state index is 13.1.